The number of hydrogen-bond acceptors (Lipinski definition) is 6. The fourth-order valence-corrected chi connectivity index (χ4v) is 3.38. The second kappa shape index (κ2) is 11.1. The number of ether oxygens (including phenoxy) is 2. The Labute approximate surface area is 192 Å². The smallest absolute Gasteiger partial charge is 0.249 e. The highest BCUT2D eigenvalue weighted by atomic mass is 16.5. The van der Waals surface area contributed by atoms with E-state index in [1.807, 2.05) is 84.9 Å². The van der Waals surface area contributed by atoms with Crippen molar-refractivity contribution in [2.45, 2.75) is 19.1 Å². The van der Waals surface area contributed by atoms with Crippen LogP contribution in [0.1, 0.15) is 23.1 Å². The predicted molar refractivity (Wildman–Crippen MR) is 123 cm³/mol. The van der Waals surface area contributed by atoms with Gasteiger partial charge >= 0.3 is 0 Å². The van der Waals surface area contributed by atoms with E-state index >= 15 is 0 Å². The number of benzene rings is 3. The summed E-state index contributed by atoms with van der Waals surface area (Å²) in [6, 6.07) is 26.5. The second-order valence-corrected chi connectivity index (χ2v) is 7.48. The number of rotatable bonds is 10. The molecule has 0 saturated heterocycles. The van der Waals surface area contributed by atoms with Crippen LogP contribution in [0.5, 0.6) is 5.75 Å². The molecule has 1 heterocycles. The highest BCUT2D eigenvalue weighted by molar-refractivity contribution is 5.77. The summed E-state index contributed by atoms with van der Waals surface area (Å²) in [5.74, 6) is 1.20. The van der Waals surface area contributed by atoms with Crippen LogP contribution in [0, 0.1) is 0 Å². The minimum Gasteiger partial charge on any atom is -0.497 e. The van der Waals surface area contributed by atoms with Crippen LogP contribution in [0.4, 0.5) is 0 Å². The lowest BCUT2D eigenvalue weighted by molar-refractivity contribution is -0.127. The van der Waals surface area contributed by atoms with Gasteiger partial charge in [0.2, 0.25) is 17.6 Å². The van der Waals surface area contributed by atoms with Gasteiger partial charge in [0.15, 0.2) is 0 Å². The average Bonchev–Trinajstić information content (AvgIpc) is 3.35. The largest absolute Gasteiger partial charge is 0.497 e. The molecule has 1 aromatic heterocycles. The fraction of sp³-hybridized carbons (Fsp3) is 0.192. The molecule has 0 aliphatic carbocycles. The number of nitrogens with zero attached hydrogens (tertiary/aromatic N) is 2. The summed E-state index contributed by atoms with van der Waals surface area (Å²) >= 11 is 0. The van der Waals surface area contributed by atoms with Crippen LogP contribution in [-0.4, -0.2) is 29.8 Å². The van der Waals surface area contributed by atoms with Crippen molar-refractivity contribution >= 4 is 5.91 Å². The lowest BCUT2D eigenvalue weighted by Crippen LogP contribution is -2.33. The Kier molecular flexibility index (Phi) is 7.45. The third-order valence-electron chi connectivity index (χ3n) is 5.03. The van der Waals surface area contributed by atoms with Gasteiger partial charge in [-0.2, -0.15) is 4.98 Å². The normalized spacial score (nSPS) is 11.7. The molecule has 0 aliphatic rings. The van der Waals surface area contributed by atoms with E-state index in [-0.39, 0.29) is 12.5 Å². The summed E-state index contributed by atoms with van der Waals surface area (Å²) in [5.41, 5.74) is 2.81. The summed E-state index contributed by atoms with van der Waals surface area (Å²) < 4.78 is 16.4. The van der Waals surface area contributed by atoms with E-state index < -0.39 is 6.04 Å². The monoisotopic (exact) mass is 443 g/mol. The van der Waals surface area contributed by atoms with Crippen LogP contribution in [-0.2, 0) is 22.6 Å². The molecule has 168 valence electrons. The van der Waals surface area contributed by atoms with Crippen molar-refractivity contribution in [2.24, 2.45) is 0 Å². The number of carbonyl (C=O) groups is 1. The average molecular weight is 444 g/mol. The number of hydrogen-bond donors (Lipinski definition) is 1. The molecule has 0 aliphatic heterocycles. The summed E-state index contributed by atoms with van der Waals surface area (Å²) in [6.45, 7) is 0.287. The summed E-state index contributed by atoms with van der Waals surface area (Å²) in [7, 11) is 1.60. The molecule has 0 fully saturated rings. The molecule has 0 radical (unpaired) electrons. The van der Waals surface area contributed by atoms with E-state index in [1.165, 1.54) is 0 Å². The first-order valence-corrected chi connectivity index (χ1v) is 10.6. The molecule has 1 atom stereocenters. The van der Waals surface area contributed by atoms with Gasteiger partial charge in [0.25, 0.3) is 0 Å². The van der Waals surface area contributed by atoms with Crippen molar-refractivity contribution < 1.29 is 18.8 Å². The van der Waals surface area contributed by atoms with E-state index in [1.54, 1.807) is 7.11 Å². The fourth-order valence-electron chi connectivity index (χ4n) is 3.38. The van der Waals surface area contributed by atoms with Gasteiger partial charge in [-0.25, -0.2) is 0 Å². The quantitative estimate of drug-likeness (QED) is 0.392. The Bertz CT molecular complexity index is 1160. The zero-order valence-corrected chi connectivity index (χ0v) is 18.3. The van der Waals surface area contributed by atoms with E-state index in [0.29, 0.717) is 30.5 Å². The van der Waals surface area contributed by atoms with Crippen molar-refractivity contribution in [1.29, 1.82) is 0 Å². The van der Waals surface area contributed by atoms with Gasteiger partial charge in [-0.3, -0.25) is 4.79 Å². The molecule has 3 aromatic carbocycles. The van der Waals surface area contributed by atoms with Crippen LogP contribution in [0.3, 0.4) is 0 Å². The molecule has 0 bridgehead atoms. The Morgan fingerprint density at radius 2 is 1.70 bits per heavy atom. The van der Waals surface area contributed by atoms with Crippen LogP contribution >= 0.6 is 0 Å². The molecule has 1 amide bonds. The third-order valence-corrected chi connectivity index (χ3v) is 5.03. The molecular formula is C26H25N3O4. The van der Waals surface area contributed by atoms with Gasteiger partial charge in [-0.05, 0) is 23.3 Å². The zero-order valence-electron chi connectivity index (χ0n) is 18.3. The molecule has 0 spiro atoms. The maximum Gasteiger partial charge on any atom is 0.249 e. The Balaban J connectivity index is 1.46. The lowest BCUT2D eigenvalue weighted by Gasteiger charge is -2.15. The predicted octanol–water partition coefficient (Wildman–Crippen LogP) is 4.36. The molecule has 1 unspecified atom stereocenters. The van der Waals surface area contributed by atoms with E-state index in [2.05, 4.69) is 15.5 Å². The van der Waals surface area contributed by atoms with E-state index in [4.69, 9.17) is 14.0 Å². The van der Waals surface area contributed by atoms with Gasteiger partial charge in [0.1, 0.15) is 18.4 Å². The maximum absolute atomic E-state index is 12.6. The van der Waals surface area contributed by atoms with Crippen LogP contribution in [0.15, 0.2) is 89.5 Å². The zero-order chi connectivity index (χ0) is 22.9. The van der Waals surface area contributed by atoms with Crippen LogP contribution < -0.4 is 10.1 Å². The van der Waals surface area contributed by atoms with E-state index in [9.17, 15) is 4.79 Å². The third kappa shape index (κ3) is 6.27. The number of aromatic nitrogens is 2. The van der Waals surface area contributed by atoms with Crippen molar-refractivity contribution in [2.75, 3.05) is 13.7 Å². The van der Waals surface area contributed by atoms with Crippen molar-refractivity contribution in [1.82, 2.24) is 15.5 Å². The van der Waals surface area contributed by atoms with Crippen molar-refractivity contribution in [3.8, 4) is 17.1 Å². The van der Waals surface area contributed by atoms with Gasteiger partial charge in [-0.1, -0.05) is 78.0 Å². The summed E-state index contributed by atoms with van der Waals surface area (Å²) in [5, 5.41) is 7.08. The number of carbonyl (C=O) groups excluding carboxylic acids is 1. The first kappa shape index (κ1) is 22.2. The molecular weight excluding hydrogens is 418 g/mol. The van der Waals surface area contributed by atoms with Gasteiger partial charge < -0.3 is 19.3 Å². The highest BCUT2D eigenvalue weighted by Crippen LogP contribution is 2.24. The molecule has 7 nitrogen and oxygen atoms in total. The van der Waals surface area contributed by atoms with Crippen molar-refractivity contribution in [3.05, 3.63) is 102 Å². The molecule has 0 saturated carbocycles. The topological polar surface area (TPSA) is 86.5 Å². The molecule has 1 N–H and O–H groups in total. The number of methoxy groups -OCH3 is 1. The minimum atomic E-state index is -0.493. The van der Waals surface area contributed by atoms with E-state index in [0.717, 1.165) is 16.7 Å². The summed E-state index contributed by atoms with van der Waals surface area (Å²) in [4.78, 5) is 17.2. The maximum atomic E-state index is 12.6. The van der Waals surface area contributed by atoms with Crippen LogP contribution in [0.2, 0.25) is 0 Å². The minimum absolute atomic E-state index is 0.0724. The molecule has 4 aromatic rings. The standard InChI is InChI=1S/C26H25N3O4/c1-31-22-14-8-13-21(16-22)25-28-26(33-29-25)23(15-19-9-4-2-5-10-19)27-24(30)18-32-17-20-11-6-3-7-12-20/h2-14,16,23H,15,17-18H2,1H3,(H,27,30). The molecule has 7 heteroatoms. The number of amides is 1. The van der Waals surface area contributed by atoms with Crippen molar-refractivity contribution in [3.63, 3.8) is 0 Å². The van der Waals surface area contributed by atoms with Gasteiger partial charge in [0.05, 0.1) is 13.7 Å². The molecule has 33 heavy (non-hydrogen) atoms. The van der Waals surface area contributed by atoms with Gasteiger partial charge in [0, 0.05) is 12.0 Å². The Morgan fingerprint density at radius 1 is 0.970 bits per heavy atom. The van der Waals surface area contributed by atoms with Gasteiger partial charge in [-0.15, -0.1) is 0 Å². The molecule has 4 rings (SSSR count). The first-order valence-electron chi connectivity index (χ1n) is 10.6. The first-order chi connectivity index (χ1) is 16.2. The van der Waals surface area contributed by atoms with Crippen LogP contribution in [0.25, 0.3) is 11.4 Å². The Morgan fingerprint density at radius 3 is 2.42 bits per heavy atom. The second-order valence-electron chi connectivity index (χ2n) is 7.48. The lowest BCUT2D eigenvalue weighted by atomic mass is 10.1. The SMILES string of the molecule is COc1cccc(-c2noc(C(Cc3ccccc3)NC(=O)COCc3ccccc3)n2)c1. The summed E-state index contributed by atoms with van der Waals surface area (Å²) in [6.07, 6.45) is 0.505. The highest BCUT2D eigenvalue weighted by Gasteiger charge is 2.22. The number of nitrogens with one attached hydrogen (secondary N) is 1. The Hall–Kier alpha value is -3.97.